The molecular weight excluding hydrogens is 234 g/mol. The minimum absolute atomic E-state index is 0.0201. The number of hydrogen-bond acceptors (Lipinski definition) is 5. The maximum Gasteiger partial charge on any atom is 0.281 e. The molecule has 2 heterocycles. The molecule has 7 nitrogen and oxygen atoms in total. The number of nitrogens with one attached hydrogen (secondary N) is 2. The first kappa shape index (κ1) is 10.6. The Labute approximate surface area is 101 Å². The lowest BCUT2D eigenvalue weighted by Gasteiger charge is -2.01. The lowest BCUT2D eigenvalue weighted by molar-refractivity contribution is 0.282. The molecule has 90 valence electrons. The van der Waals surface area contributed by atoms with Gasteiger partial charge in [-0.3, -0.25) is 4.79 Å². The highest BCUT2D eigenvalue weighted by Crippen LogP contribution is 2.15. The number of aromatic nitrogens is 5. The molecule has 0 spiro atoms. The van der Waals surface area contributed by atoms with Crippen LogP contribution in [0.1, 0.15) is 5.56 Å². The minimum atomic E-state index is -0.338. The first-order valence-corrected chi connectivity index (χ1v) is 5.29. The summed E-state index contributed by atoms with van der Waals surface area (Å²) in [5.74, 6) is 0.433. The molecule has 3 rings (SSSR count). The normalized spacial score (nSPS) is 10.9. The fourth-order valence-electron chi connectivity index (χ4n) is 1.66. The largest absolute Gasteiger partial charge is 0.392 e. The molecule has 0 aliphatic carbocycles. The summed E-state index contributed by atoms with van der Waals surface area (Å²) in [6, 6.07) is 7.09. The third-order valence-corrected chi connectivity index (χ3v) is 2.61. The minimum Gasteiger partial charge on any atom is -0.392 e. The van der Waals surface area contributed by atoms with Gasteiger partial charge in [0, 0.05) is 5.56 Å². The van der Waals surface area contributed by atoms with Crippen molar-refractivity contribution in [1.82, 2.24) is 25.4 Å². The molecule has 2 aromatic heterocycles. The zero-order valence-electron chi connectivity index (χ0n) is 9.21. The fraction of sp³-hybridized carbons (Fsp3) is 0.0909. The second kappa shape index (κ2) is 4.04. The number of hydrogen-bond donors (Lipinski definition) is 3. The Kier molecular flexibility index (Phi) is 2.38. The summed E-state index contributed by atoms with van der Waals surface area (Å²) in [5, 5.41) is 18.7. The van der Waals surface area contributed by atoms with Crippen molar-refractivity contribution in [2.75, 3.05) is 0 Å². The van der Waals surface area contributed by atoms with Crippen LogP contribution in [0.2, 0.25) is 0 Å². The van der Waals surface area contributed by atoms with Crippen molar-refractivity contribution in [1.29, 1.82) is 0 Å². The third-order valence-electron chi connectivity index (χ3n) is 2.61. The van der Waals surface area contributed by atoms with Crippen molar-refractivity contribution in [3.63, 3.8) is 0 Å². The van der Waals surface area contributed by atoms with E-state index in [9.17, 15) is 4.79 Å². The van der Waals surface area contributed by atoms with Gasteiger partial charge in [0.05, 0.1) is 6.61 Å². The molecule has 0 aliphatic rings. The van der Waals surface area contributed by atoms with Gasteiger partial charge >= 0.3 is 0 Å². The van der Waals surface area contributed by atoms with E-state index in [0.717, 1.165) is 11.1 Å². The first-order valence-electron chi connectivity index (χ1n) is 5.29. The van der Waals surface area contributed by atoms with E-state index in [4.69, 9.17) is 5.11 Å². The monoisotopic (exact) mass is 243 g/mol. The van der Waals surface area contributed by atoms with Crippen LogP contribution in [-0.2, 0) is 6.61 Å². The molecule has 7 heteroatoms. The zero-order valence-corrected chi connectivity index (χ0v) is 9.21. The number of aliphatic hydroxyl groups excluding tert-OH is 1. The highest BCUT2D eigenvalue weighted by atomic mass is 16.3. The van der Waals surface area contributed by atoms with Crippen LogP contribution in [0.15, 0.2) is 29.1 Å². The molecule has 0 radical (unpaired) electrons. The molecule has 0 atom stereocenters. The Morgan fingerprint density at radius 2 is 2.00 bits per heavy atom. The van der Waals surface area contributed by atoms with Crippen LogP contribution in [0.3, 0.4) is 0 Å². The highest BCUT2D eigenvalue weighted by Gasteiger charge is 2.08. The average molecular weight is 243 g/mol. The average Bonchev–Trinajstić information content (AvgIpc) is 2.88. The van der Waals surface area contributed by atoms with Gasteiger partial charge < -0.3 is 10.1 Å². The summed E-state index contributed by atoms with van der Waals surface area (Å²) < 4.78 is 0. The summed E-state index contributed by atoms with van der Waals surface area (Å²) in [6.07, 6.45) is 0. The molecule has 1 aromatic carbocycles. The highest BCUT2D eigenvalue weighted by molar-refractivity contribution is 5.70. The van der Waals surface area contributed by atoms with Crippen LogP contribution in [0.5, 0.6) is 0 Å². The van der Waals surface area contributed by atoms with E-state index in [1.807, 2.05) is 0 Å². The lowest BCUT2D eigenvalue weighted by Crippen LogP contribution is -2.09. The first-order chi connectivity index (χ1) is 8.78. The van der Waals surface area contributed by atoms with Crippen LogP contribution in [0, 0.1) is 0 Å². The summed E-state index contributed by atoms with van der Waals surface area (Å²) in [4.78, 5) is 18.6. The number of benzene rings is 1. The predicted molar refractivity (Wildman–Crippen MR) is 63.7 cm³/mol. The Morgan fingerprint density at radius 3 is 2.72 bits per heavy atom. The zero-order chi connectivity index (χ0) is 12.5. The van der Waals surface area contributed by atoms with E-state index in [1.54, 1.807) is 24.3 Å². The Hall–Kier alpha value is -2.54. The molecule has 3 N–H and O–H groups in total. The van der Waals surface area contributed by atoms with Crippen LogP contribution in [-0.4, -0.2) is 30.5 Å². The Bertz CT molecular complexity index is 744. The SMILES string of the molecule is O=c1[nH]c(-c2ccc(CO)cc2)nc2[nH]nnc12. The van der Waals surface area contributed by atoms with Gasteiger partial charge in [0.1, 0.15) is 5.82 Å². The van der Waals surface area contributed by atoms with Crippen molar-refractivity contribution < 1.29 is 5.11 Å². The van der Waals surface area contributed by atoms with E-state index in [2.05, 4.69) is 25.4 Å². The maximum atomic E-state index is 11.7. The molecule has 0 amide bonds. The van der Waals surface area contributed by atoms with Crippen molar-refractivity contribution in [3.05, 3.63) is 40.2 Å². The van der Waals surface area contributed by atoms with Gasteiger partial charge in [-0.25, -0.2) is 10.1 Å². The fourth-order valence-corrected chi connectivity index (χ4v) is 1.66. The second-order valence-corrected chi connectivity index (χ2v) is 3.78. The Balaban J connectivity index is 2.15. The number of aromatic amines is 2. The van der Waals surface area contributed by atoms with E-state index in [1.165, 1.54) is 0 Å². The standard InChI is InChI=1S/C11H9N5O2/c17-5-6-1-3-7(4-2-6)9-12-10-8(11(18)13-9)14-16-15-10/h1-4,17H,5H2,(H2,12,13,14,15,16,18). The number of nitrogens with zero attached hydrogens (tertiary/aromatic N) is 3. The summed E-state index contributed by atoms with van der Waals surface area (Å²) in [7, 11) is 0. The van der Waals surface area contributed by atoms with Gasteiger partial charge in [0.15, 0.2) is 11.2 Å². The maximum absolute atomic E-state index is 11.7. The lowest BCUT2D eigenvalue weighted by atomic mass is 10.1. The molecule has 0 aliphatic heterocycles. The molecule has 0 saturated carbocycles. The van der Waals surface area contributed by atoms with Gasteiger partial charge in [0.25, 0.3) is 5.56 Å². The molecule has 3 aromatic rings. The molecule has 18 heavy (non-hydrogen) atoms. The van der Waals surface area contributed by atoms with E-state index in [-0.39, 0.29) is 17.7 Å². The van der Waals surface area contributed by atoms with E-state index >= 15 is 0 Å². The van der Waals surface area contributed by atoms with Crippen molar-refractivity contribution in [3.8, 4) is 11.4 Å². The van der Waals surface area contributed by atoms with Gasteiger partial charge in [0.2, 0.25) is 0 Å². The van der Waals surface area contributed by atoms with Gasteiger partial charge in [-0.05, 0) is 5.56 Å². The number of aliphatic hydroxyl groups is 1. The molecule has 0 unspecified atom stereocenters. The van der Waals surface area contributed by atoms with Gasteiger partial charge in [-0.2, -0.15) is 0 Å². The van der Waals surface area contributed by atoms with Crippen LogP contribution >= 0.6 is 0 Å². The predicted octanol–water partition coefficient (Wildman–Crippen LogP) is 0.200. The van der Waals surface area contributed by atoms with Crippen LogP contribution in [0.25, 0.3) is 22.6 Å². The van der Waals surface area contributed by atoms with Crippen molar-refractivity contribution >= 4 is 11.2 Å². The third kappa shape index (κ3) is 1.66. The van der Waals surface area contributed by atoms with E-state index < -0.39 is 0 Å². The second-order valence-electron chi connectivity index (χ2n) is 3.78. The van der Waals surface area contributed by atoms with E-state index in [0.29, 0.717) is 11.5 Å². The van der Waals surface area contributed by atoms with Crippen LogP contribution in [0.4, 0.5) is 0 Å². The number of H-pyrrole nitrogens is 2. The summed E-state index contributed by atoms with van der Waals surface area (Å²) in [6.45, 7) is -0.0201. The quantitative estimate of drug-likeness (QED) is 0.596. The molecular formula is C11H9N5O2. The summed E-state index contributed by atoms with van der Waals surface area (Å²) >= 11 is 0. The van der Waals surface area contributed by atoms with Crippen molar-refractivity contribution in [2.45, 2.75) is 6.61 Å². The molecule has 0 fully saturated rings. The van der Waals surface area contributed by atoms with Crippen molar-refractivity contribution in [2.24, 2.45) is 0 Å². The van der Waals surface area contributed by atoms with Gasteiger partial charge in [-0.15, -0.1) is 5.10 Å². The van der Waals surface area contributed by atoms with Crippen LogP contribution < -0.4 is 5.56 Å². The summed E-state index contributed by atoms with van der Waals surface area (Å²) in [5.41, 5.74) is 1.74. The Morgan fingerprint density at radius 1 is 1.22 bits per heavy atom. The van der Waals surface area contributed by atoms with Gasteiger partial charge in [-0.1, -0.05) is 29.5 Å². The molecule has 0 saturated heterocycles. The topological polar surface area (TPSA) is 108 Å². The smallest absolute Gasteiger partial charge is 0.281 e. The number of rotatable bonds is 2. The molecule has 0 bridgehead atoms. The number of fused-ring (bicyclic) bond motifs is 1.